The first-order valence-corrected chi connectivity index (χ1v) is 5.58. The topological polar surface area (TPSA) is 49.3 Å². The van der Waals surface area contributed by atoms with Crippen molar-refractivity contribution >= 4 is 5.91 Å². The zero-order valence-electron chi connectivity index (χ0n) is 10.7. The highest BCUT2D eigenvalue weighted by atomic mass is 16.2. The normalized spacial score (nSPS) is 12.7. The fraction of sp³-hybridized carbons (Fsp3) is 0.917. The Morgan fingerprint density at radius 1 is 1.20 bits per heavy atom. The fourth-order valence-corrected chi connectivity index (χ4v) is 1.23. The van der Waals surface area contributed by atoms with E-state index in [1.165, 1.54) is 0 Å². The van der Waals surface area contributed by atoms with Gasteiger partial charge in [-0.05, 0) is 18.3 Å². The van der Waals surface area contributed by atoms with Crippen LogP contribution in [0.2, 0.25) is 0 Å². The van der Waals surface area contributed by atoms with Crippen molar-refractivity contribution < 1.29 is 9.90 Å². The van der Waals surface area contributed by atoms with Crippen molar-refractivity contribution in [3.05, 3.63) is 0 Å². The molecule has 0 aromatic rings. The molecule has 3 nitrogen and oxygen atoms in total. The van der Waals surface area contributed by atoms with Crippen molar-refractivity contribution in [2.45, 2.75) is 47.5 Å². The molecule has 0 aliphatic rings. The molecule has 3 heteroatoms. The van der Waals surface area contributed by atoms with E-state index in [0.717, 1.165) is 12.8 Å². The van der Waals surface area contributed by atoms with Gasteiger partial charge in [0, 0.05) is 18.6 Å². The summed E-state index contributed by atoms with van der Waals surface area (Å²) in [5.74, 6) is 0.0829. The lowest BCUT2D eigenvalue weighted by Crippen LogP contribution is -2.40. The Labute approximate surface area is 93.3 Å². The molecular weight excluding hydrogens is 190 g/mol. The van der Waals surface area contributed by atoms with E-state index < -0.39 is 0 Å². The smallest absolute Gasteiger partial charge is 0.225 e. The molecule has 0 saturated heterocycles. The molecule has 0 bridgehead atoms. The Hall–Kier alpha value is -0.570. The van der Waals surface area contributed by atoms with Crippen LogP contribution in [0.15, 0.2) is 0 Å². The van der Waals surface area contributed by atoms with Crippen LogP contribution >= 0.6 is 0 Å². The zero-order valence-corrected chi connectivity index (χ0v) is 10.7. The molecule has 0 rings (SSSR count). The molecule has 0 saturated carbocycles. The summed E-state index contributed by atoms with van der Waals surface area (Å²) < 4.78 is 0. The van der Waals surface area contributed by atoms with Crippen molar-refractivity contribution in [2.24, 2.45) is 10.8 Å². The Morgan fingerprint density at radius 3 is 2.13 bits per heavy atom. The predicted molar refractivity (Wildman–Crippen MR) is 62.6 cm³/mol. The molecule has 2 N–H and O–H groups in total. The summed E-state index contributed by atoms with van der Waals surface area (Å²) in [6.07, 6.45) is 1.71. The van der Waals surface area contributed by atoms with Gasteiger partial charge in [0.2, 0.25) is 5.91 Å². The summed E-state index contributed by atoms with van der Waals surface area (Å²) in [4.78, 5) is 11.6. The van der Waals surface area contributed by atoms with Crippen LogP contribution in [0.1, 0.15) is 47.5 Å². The number of hydrogen-bond donors (Lipinski definition) is 2. The van der Waals surface area contributed by atoms with Crippen molar-refractivity contribution in [1.82, 2.24) is 5.32 Å². The number of amides is 1. The highest BCUT2D eigenvalue weighted by Gasteiger charge is 2.24. The second kappa shape index (κ2) is 5.50. The Balaban J connectivity index is 3.98. The van der Waals surface area contributed by atoms with Gasteiger partial charge >= 0.3 is 0 Å². The Kier molecular flexibility index (Phi) is 5.29. The Morgan fingerprint density at radius 2 is 1.73 bits per heavy atom. The van der Waals surface area contributed by atoms with E-state index in [-0.39, 0.29) is 23.3 Å². The molecule has 0 unspecified atom stereocenters. The van der Waals surface area contributed by atoms with E-state index in [1.807, 2.05) is 20.8 Å². The third kappa shape index (κ3) is 6.50. The first-order chi connectivity index (χ1) is 6.69. The molecule has 0 aliphatic heterocycles. The van der Waals surface area contributed by atoms with E-state index in [9.17, 15) is 4.79 Å². The van der Waals surface area contributed by atoms with Gasteiger partial charge < -0.3 is 10.4 Å². The summed E-state index contributed by atoms with van der Waals surface area (Å²) in [5.41, 5.74) is -0.267. The monoisotopic (exact) mass is 215 g/mol. The number of carbonyl (C=O) groups excluding carboxylic acids is 1. The van der Waals surface area contributed by atoms with Crippen LogP contribution in [-0.2, 0) is 4.79 Å². The molecule has 0 aromatic carbocycles. The number of rotatable bonds is 5. The van der Waals surface area contributed by atoms with Crippen LogP contribution < -0.4 is 5.32 Å². The third-order valence-corrected chi connectivity index (χ3v) is 2.42. The number of carbonyl (C=O) groups is 1. The number of aliphatic hydroxyl groups excluding tert-OH is 1. The summed E-state index contributed by atoms with van der Waals surface area (Å²) in [6.45, 7) is 10.8. The van der Waals surface area contributed by atoms with Crippen LogP contribution in [0.25, 0.3) is 0 Å². The first kappa shape index (κ1) is 14.4. The van der Waals surface area contributed by atoms with Crippen LogP contribution in [0.5, 0.6) is 0 Å². The lowest BCUT2D eigenvalue weighted by molar-refractivity contribution is -0.129. The average molecular weight is 215 g/mol. The van der Waals surface area contributed by atoms with Gasteiger partial charge in [0.15, 0.2) is 0 Å². The molecule has 0 aromatic heterocycles. The minimum absolute atomic E-state index is 0.0592. The van der Waals surface area contributed by atoms with Crippen molar-refractivity contribution in [3.63, 3.8) is 0 Å². The van der Waals surface area contributed by atoms with Gasteiger partial charge in [0.25, 0.3) is 0 Å². The lowest BCUT2D eigenvalue weighted by atomic mass is 9.87. The van der Waals surface area contributed by atoms with Crippen molar-refractivity contribution in [1.29, 1.82) is 0 Å². The molecule has 0 radical (unpaired) electrons. The van der Waals surface area contributed by atoms with Gasteiger partial charge in [-0.2, -0.15) is 0 Å². The maximum atomic E-state index is 11.6. The van der Waals surface area contributed by atoms with Gasteiger partial charge in [-0.25, -0.2) is 0 Å². The summed E-state index contributed by atoms with van der Waals surface area (Å²) in [5, 5.41) is 11.7. The molecule has 0 spiro atoms. The minimum atomic E-state index is -0.326. The van der Waals surface area contributed by atoms with Gasteiger partial charge in [-0.3, -0.25) is 4.79 Å². The van der Waals surface area contributed by atoms with E-state index >= 15 is 0 Å². The minimum Gasteiger partial charge on any atom is -0.396 e. The molecule has 1 amide bonds. The van der Waals surface area contributed by atoms with Gasteiger partial charge in [0.05, 0.1) is 0 Å². The highest BCUT2D eigenvalue weighted by molar-refractivity contribution is 5.81. The van der Waals surface area contributed by atoms with E-state index in [1.54, 1.807) is 0 Å². The second-order valence-electron chi connectivity index (χ2n) is 5.92. The van der Waals surface area contributed by atoms with Crippen LogP contribution in [0, 0.1) is 10.8 Å². The van der Waals surface area contributed by atoms with E-state index in [2.05, 4.69) is 19.2 Å². The van der Waals surface area contributed by atoms with Crippen LogP contribution in [-0.4, -0.2) is 24.2 Å². The highest BCUT2D eigenvalue weighted by Crippen LogP contribution is 2.21. The molecular formula is C12H25NO2. The number of aliphatic hydroxyl groups is 1. The lowest BCUT2D eigenvalue weighted by Gasteiger charge is -2.27. The van der Waals surface area contributed by atoms with Crippen LogP contribution in [0.4, 0.5) is 0 Å². The van der Waals surface area contributed by atoms with Crippen molar-refractivity contribution in [3.8, 4) is 0 Å². The average Bonchev–Trinajstić information content (AvgIpc) is 2.09. The van der Waals surface area contributed by atoms with Gasteiger partial charge in [-0.1, -0.05) is 34.6 Å². The Bertz CT molecular complexity index is 204. The SMILES string of the molecule is CC(C)(CCCO)CNC(=O)C(C)(C)C. The molecule has 0 heterocycles. The molecule has 0 aliphatic carbocycles. The maximum Gasteiger partial charge on any atom is 0.225 e. The second-order valence-corrected chi connectivity index (χ2v) is 5.92. The maximum absolute atomic E-state index is 11.6. The molecule has 0 atom stereocenters. The number of nitrogens with one attached hydrogen (secondary N) is 1. The summed E-state index contributed by atoms with van der Waals surface area (Å²) in [6, 6.07) is 0. The third-order valence-electron chi connectivity index (χ3n) is 2.42. The molecule has 15 heavy (non-hydrogen) atoms. The fourth-order valence-electron chi connectivity index (χ4n) is 1.23. The standard InChI is InChI=1S/C12H25NO2/c1-11(2,3)10(15)13-9-12(4,5)7-6-8-14/h14H,6-9H2,1-5H3,(H,13,15). The van der Waals surface area contributed by atoms with E-state index in [4.69, 9.17) is 5.11 Å². The van der Waals surface area contributed by atoms with Gasteiger partial charge in [-0.15, -0.1) is 0 Å². The summed E-state index contributed by atoms with van der Waals surface area (Å²) in [7, 11) is 0. The molecule has 0 fully saturated rings. The zero-order chi connectivity index (χ0) is 12.1. The predicted octanol–water partition coefficient (Wildman–Crippen LogP) is 1.95. The summed E-state index contributed by atoms with van der Waals surface area (Å²) >= 11 is 0. The largest absolute Gasteiger partial charge is 0.396 e. The number of hydrogen-bond acceptors (Lipinski definition) is 2. The molecule has 90 valence electrons. The first-order valence-electron chi connectivity index (χ1n) is 5.58. The van der Waals surface area contributed by atoms with Gasteiger partial charge in [0.1, 0.15) is 0 Å². The van der Waals surface area contributed by atoms with E-state index in [0.29, 0.717) is 6.54 Å². The quantitative estimate of drug-likeness (QED) is 0.736. The van der Waals surface area contributed by atoms with Crippen molar-refractivity contribution in [2.75, 3.05) is 13.2 Å². The van der Waals surface area contributed by atoms with Crippen LogP contribution in [0.3, 0.4) is 0 Å².